The van der Waals surface area contributed by atoms with Gasteiger partial charge >= 0.3 is 150 Å². The second-order valence-corrected chi connectivity index (χ2v) is 22.7. The molecule has 0 N–H and O–H groups in total. The molecule has 1 fully saturated rings. The third kappa shape index (κ3) is 5.83. The topological polar surface area (TPSA) is 51.7 Å². The van der Waals surface area contributed by atoms with E-state index < -0.39 is 24.0 Å². The van der Waals surface area contributed by atoms with E-state index in [2.05, 4.69) is 20.9 Å². The molecule has 0 spiro atoms. The fourth-order valence-electron chi connectivity index (χ4n) is 2.55. The molecule has 0 aliphatic carbocycles. The Hall–Kier alpha value is -0.981. The van der Waals surface area contributed by atoms with Crippen molar-refractivity contribution in [3.8, 4) is 5.88 Å². The van der Waals surface area contributed by atoms with E-state index in [1.807, 2.05) is 32.9 Å². The number of aromatic nitrogens is 1. The average molecular weight is 441 g/mol. The molecule has 6 heteroatoms. The molecule has 1 aliphatic heterocycles. The van der Waals surface area contributed by atoms with Gasteiger partial charge in [0.05, 0.1) is 0 Å². The Morgan fingerprint density at radius 3 is 2.38 bits per heavy atom. The van der Waals surface area contributed by atoms with Crippen LogP contribution in [0.2, 0.25) is 14.8 Å². The van der Waals surface area contributed by atoms with Crippen LogP contribution in [0.15, 0.2) is 18.2 Å². The van der Waals surface area contributed by atoms with Gasteiger partial charge in [0, 0.05) is 0 Å². The van der Waals surface area contributed by atoms with Crippen LogP contribution in [0, 0.1) is 0 Å². The van der Waals surface area contributed by atoms with Gasteiger partial charge in [-0.3, -0.25) is 0 Å². The molecule has 0 saturated carbocycles. The van der Waals surface area contributed by atoms with Crippen molar-refractivity contribution in [2.75, 3.05) is 13.1 Å². The second-order valence-electron chi connectivity index (χ2n) is 8.40. The summed E-state index contributed by atoms with van der Waals surface area (Å²) in [6.45, 7) is 6.99. The molecule has 1 aliphatic rings. The number of nitrogens with zero attached hydrogens (tertiary/aromatic N) is 2. The van der Waals surface area contributed by atoms with E-state index in [1.165, 1.54) is 3.71 Å². The van der Waals surface area contributed by atoms with Gasteiger partial charge in [0.1, 0.15) is 0 Å². The number of carbonyl (C=O) groups excluding carboxylic acids is 1. The molecule has 1 aromatic rings. The number of carbonyl (C=O) groups is 1. The summed E-state index contributed by atoms with van der Waals surface area (Å²) in [6.07, 6.45) is 1.50. The summed E-state index contributed by atoms with van der Waals surface area (Å²) in [4.78, 5) is 25.6. The molecule has 0 unspecified atom stereocenters. The van der Waals surface area contributed by atoms with Crippen molar-refractivity contribution in [1.82, 2.24) is 9.88 Å². The van der Waals surface area contributed by atoms with Crippen LogP contribution in [0.25, 0.3) is 0 Å². The van der Waals surface area contributed by atoms with Gasteiger partial charge < -0.3 is 0 Å². The van der Waals surface area contributed by atoms with Crippen molar-refractivity contribution in [3.63, 3.8) is 0 Å². The maximum absolute atomic E-state index is 12.1. The molecule has 2 heterocycles. The standard InChI is InChI=1S/C15H21N2O3.3CH3.Sn/c1-15(2,3)20-14(18)17-10-7-12(8-11-17)19-13-6-4-5-9-16-13;;;;/h4-6,12H,7-8,10-11H2,1-3H3;3*1H3;. The minimum absolute atomic E-state index is 0.113. The summed E-state index contributed by atoms with van der Waals surface area (Å²) in [5.41, 5.74) is -0.451. The first-order valence-electron chi connectivity index (χ1n) is 8.67. The molecule has 24 heavy (non-hydrogen) atoms. The van der Waals surface area contributed by atoms with Crippen LogP contribution >= 0.6 is 0 Å². The Morgan fingerprint density at radius 2 is 1.83 bits per heavy atom. The molecule has 2 rings (SSSR count). The molecule has 0 atom stereocenters. The quantitative estimate of drug-likeness (QED) is 0.676. The van der Waals surface area contributed by atoms with Crippen LogP contribution in [0.4, 0.5) is 4.79 Å². The third-order valence-corrected chi connectivity index (χ3v) is 9.05. The zero-order chi connectivity index (χ0) is 18.0. The number of piperidine rings is 1. The molecule has 5 nitrogen and oxygen atoms in total. The summed E-state index contributed by atoms with van der Waals surface area (Å²) < 4.78 is 12.7. The predicted molar refractivity (Wildman–Crippen MR) is 98.7 cm³/mol. The van der Waals surface area contributed by atoms with Crippen LogP contribution < -0.4 is 8.45 Å². The number of hydrogen-bond acceptors (Lipinski definition) is 4. The summed E-state index contributed by atoms with van der Waals surface area (Å²) in [6, 6.07) is 6.09. The van der Waals surface area contributed by atoms with Gasteiger partial charge in [-0.05, 0) is 0 Å². The normalized spacial score (nSPS) is 16.8. The predicted octanol–water partition coefficient (Wildman–Crippen LogP) is 3.41. The fraction of sp³-hybridized carbons (Fsp3) is 0.667. The van der Waals surface area contributed by atoms with E-state index in [-0.39, 0.29) is 12.2 Å². The van der Waals surface area contributed by atoms with Gasteiger partial charge in [-0.1, -0.05) is 0 Å². The third-order valence-electron chi connectivity index (χ3n) is 3.87. The van der Waals surface area contributed by atoms with Crippen LogP contribution in [0.3, 0.4) is 0 Å². The second kappa shape index (κ2) is 7.50. The number of amides is 1. The SMILES string of the molecule is CC(C)(C)OC(=O)N1CCC(Oc2ccc[c]([Sn]([CH3])([CH3])[CH3])n2)CC1. The Labute approximate surface area is 149 Å². The Balaban J connectivity index is 1.88. The van der Waals surface area contributed by atoms with E-state index in [0.29, 0.717) is 13.1 Å². The zero-order valence-electron chi connectivity index (χ0n) is 15.8. The maximum atomic E-state index is 12.1. The van der Waals surface area contributed by atoms with E-state index >= 15 is 0 Å². The molecule has 0 bridgehead atoms. The molecule has 0 radical (unpaired) electrons. The Morgan fingerprint density at radius 1 is 1.21 bits per heavy atom. The summed E-state index contributed by atoms with van der Waals surface area (Å²) in [7, 11) is 0. The van der Waals surface area contributed by atoms with Gasteiger partial charge in [0.15, 0.2) is 0 Å². The Kier molecular flexibility index (Phi) is 6.04. The van der Waals surface area contributed by atoms with Gasteiger partial charge in [0.2, 0.25) is 0 Å². The van der Waals surface area contributed by atoms with Gasteiger partial charge in [-0.15, -0.1) is 0 Å². The van der Waals surface area contributed by atoms with Crippen molar-refractivity contribution in [2.45, 2.75) is 60.1 Å². The first kappa shape index (κ1) is 19.3. The van der Waals surface area contributed by atoms with Crippen molar-refractivity contribution in [3.05, 3.63) is 18.2 Å². The molecule has 1 aromatic heterocycles. The molecular formula is C18H30N2O3Sn. The molecule has 1 amide bonds. The van der Waals surface area contributed by atoms with Crippen LogP contribution in [0.1, 0.15) is 33.6 Å². The van der Waals surface area contributed by atoms with E-state index in [4.69, 9.17) is 14.5 Å². The number of pyridine rings is 1. The first-order chi connectivity index (χ1) is 11.0. The number of likely N-dealkylation sites (tertiary alicyclic amines) is 1. The minimum atomic E-state index is -2.18. The van der Waals surface area contributed by atoms with Gasteiger partial charge in [-0.25, -0.2) is 0 Å². The van der Waals surface area contributed by atoms with E-state index in [9.17, 15) is 4.79 Å². The number of rotatable bonds is 3. The number of ether oxygens (including phenoxy) is 2. The van der Waals surface area contributed by atoms with E-state index in [0.717, 1.165) is 18.7 Å². The fourth-order valence-corrected chi connectivity index (χ4v) is 5.53. The van der Waals surface area contributed by atoms with Crippen LogP contribution in [0.5, 0.6) is 5.88 Å². The summed E-state index contributed by atoms with van der Waals surface area (Å²) in [5, 5.41) is 0. The van der Waals surface area contributed by atoms with Crippen molar-refractivity contribution >= 4 is 28.2 Å². The van der Waals surface area contributed by atoms with Gasteiger partial charge in [-0.2, -0.15) is 0 Å². The van der Waals surface area contributed by atoms with Gasteiger partial charge in [0.25, 0.3) is 0 Å². The van der Waals surface area contributed by atoms with Crippen LogP contribution in [-0.4, -0.2) is 59.1 Å². The first-order valence-corrected chi connectivity index (χ1v) is 18.7. The molecule has 1 saturated heterocycles. The molecule has 0 aromatic carbocycles. The zero-order valence-corrected chi connectivity index (χ0v) is 18.6. The summed E-state index contributed by atoms with van der Waals surface area (Å²) >= 11 is -2.18. The van der Waals surface area contributed by atoms with Crippen LogP contribution in [-0.2, 0) is 4.74 Å². The number of hydrogen-bond donors (Lipinski definition) is 0. The Bertz CT molecular complexity index is 570. The van der Waals surface area contributed by atoms with Crippen molar-refractivity contribution < 1.29 is 14.3 Å². The summed E-state index contributed by atoms with van der Waals surface area (Å²) in [5.74, 6) is 0.717. The monoisotopic (exact) mass is 442 g/mol. The van der Waals surface area contributed by atoms with Crippen molar-refractivity contribution in [2.24, 2.45) is 0 Å². The van der Waals surface area contributed by atoms with Crippen molar-refractivity contribution in [1.29, 1.82) is 0 Å². The van der Waals surface area contributed by atoms with E-state index in [1.54, 1.807) is 4.90 Å². The molecule has 134 valence electrons. The average Bonchev–Trinajstić information content (AvgIpc) is 2.45. The molecular weight excluding hydrogens is 411 g/mol.